The number of nitrogens with one attached hydrogen (secondary N) is 1. The molecule has 1 rings (SSSR count). The molecule has 0 aromatic heterocycles. The van der Waals surface area contributed by atoms with E-state index < -0.39 is 0 Å². The van der Waals surface area contributed by atoms with Crippen LogP contribution in [0.2, 0.25) is 0 Å². The number of hydrogen-bond acceptors (Lipinski definition) is 1. The van der Waals surface area contributed by atoms with Crippen LogP contribution in [-0.2, 0) is 5.88 Å². The molecule has 2 heteroatoms. The van der Waals surface area contributed by atoms with E-state index in [1.54, 1.807) is 0 Å². The van der Waals surface area contributed by atoms with Crippen molar-refractivity contribution in [2.24, 2.45) is 5.92 Å². The maximum absolute atomic E-state index is 5.86. The van der Waals surface area contributed by atoms with Crippen molar-refractivity contribution in [2.75, 3.05) is 5.32 Å². The normalized spacial score (nSPS) is 12.9. The zero-order valence-electron chi connectivity index (χ0n) is 9.05. The molecule has 0 aliphatic carbocycles. The molecule has 0 saturated carbocycles. The van der Waals surface area contributed by atoms with Crippen molar-refractivity contribution in [3.8, 4) is 0 Å². The summed E-state index contributed by atoms with van der Waals surface area (Å²) in [6.07, 6.45) is 0. The fourth-order valence-corrected chi connectivity index (χ4v) is 1.42. The molecule has 1 aromatic carbocycles. The lowest BCUT2D eigenvalue weighted by molar-refractivity contribution is 0.559. The maximum Gasteiger partial charge on any atom is 0.0494 e. The van der Waals surface area contributed by atoms with E-state index in [0.29, 0.717) is 17.8 Å². The van der Waals surface area contributed by atoms with Crippen molar-refractivity contribution in [3.05, 3.63) is 29.8 Å². The van der Waals surface area contributed by atoms with Crippen LogP contribution in [0.4, 0.5) is 5.69 Å². The third-order valence-electron chi connectivity index (χ3n) is 2.54. The van der Waals surface area contributed by atoms with E-state index in [4.69, 9.17) is 11.6 Å². The summed E-state index contributed by atoms with van der Waals surface area (Å²) in [6.45, 7) is 6.61. The van der Waals surface area contributed by atoms with Gasteiger partial charge in [-0.3, -0.25) is 0 Å². The molecule has 78 valence electrons. The molecule has 0 saturated heterocycles. The topological polar surface area (TPSA) is 12.0 Å². The van der Waals surface area contributed by atoms with Crippen molar-refractivity contribution < 1.29 is 0 Å². The highest BCUT2D eigenvalue weighted by Gasteiger charge is 2.08. The van der Waals surface area contributed by atoms with E-state index in [2.05, 4.69) is 38.2 Å². The predicted molar refractivity (Wildman–Crippen MR) is 63.9 cm³/mol. The van der Waals surface area contributed by atoms with E-state index in [-0.39, 0.29) is 0 Å². The fourth-order valence-electron chi connectivity index (χ4n) is 1.19. The molecule has 1 nitrogen and oxygen atoms in total. The van der Waals surface area contributed by atoms with Gasteiger partial charge in [-0.15, -0.1) is 11.6 Å². The Morgan fingerprint density at radius 3 is 2.43 bits per heavy atom. The van der Waals surface area contributed by atoms with Crippen molar-refractivity contribution in [1.82, 2.24) is 0 Å². The SMILES string of the molecule is CC(C)C(C)Nc1ccccc1CCl. The van der Waals surface area contributed by atoms with E-state index in [1.807, 2.05) is 12.1 Å². The number of anilines is 1. The van der Waals surface area contributed by atoms with Gasteiger partial charge in [-0.1, -0.05) is 32.0 Å². The molecule has 1 aromatic rings. The van der Waals surface area contributed by atoms with Crippen molar-refractivity contribution >= 4 is 17.3 Å². The van der Waals surface area contributed by atoms with Crippen LogP contribution in [0.3, 0.4) is 0 Å². The molecule has 0 fully saturated rings. The fraction of sp³-hybridized carbons (Fsp3) is 0.500. The first-order chi connectivity index (χ1) is 6.65. The quantitative estimate of drug-likeness (QED) is 0.746. The van der Waals surface area contributed by atoms with Gasteiger partial charge >= 0.3 is 0 Å². The average molecular weight is 212 g/mol. The molecule has 1 atom stereocenters. The third kappa shape index (κ3) is 2.91. The highest BCUT2D eigenvalue weighted by molar-refractivity contribution is 6.17. The Morgan fingerprint density at radius 1 is 1.21 bits per heavy atom. The lowest BCUT2D eigenvalue weighted by Crippen LogP contribution is -2.22. The van der Waals surface area contributed by atoms with Gasteiger partial charge < -0.3 is 5.32 Å². The number of rotatable bonds is 4. The van der Waals surface area contributed by atoms with Gasteiger partial charge in [0.15, 0.2) is 0 Å². The minimum absolute atomic E-state index is 0.472. The minimum Gasteiger partial charge on any atom is -0.382 e. The van der Waals surface area contributed by atoms with Gasteiger partial charge in [-0.2, -0.15) is 0 Å². The highest BCUT2D eigenvalue weighted by Crippen LogP contribution is 2.19. The second-order valence-electron chi connectivity index (χ2n) is 3.97. The summed E-state index contributed by atoms with van der Waals surface area (Å²) in [5, 5.41) is 3.48. The lowest BCUT2D eigenvalue weighted by Gasteiger charge is -2.20. The zero-order chi connectivity index (χ0) is 10.6. The molecular formula is C12H18ClN. The summed E-state index contributed by atoms with van der Waals surface area (Å²) in [4.78, 5) is 0. The van der Waals surface area contributed by atoms with Gasteiger partial charge in [0.05, 0.1) is 0 Å². The second-order valence-corrected chi connectivity index (χ2v) is 4.24. The van der Waals surface area contributed by atoms with Crippen LogP contribution in [0.1, 0.15) is 26.3 Å². The highest BCUT2D eigenvalue weighted by atomic mass is 35.5. The predicted octanol–water partition coefficient (Wildman–Crippen LogP) is 3.88. The molecule has 0 radical (unpaired) electrons. The van der Waals surface area contributed by atoms with Gasteiger partial charge in [0.25, 0.3) is 0 Å². The number of halogens is 1. The molecule has 1 N–H and O–H groups in total. The van der Waals surface area contributed by atoms with Crippen LogP contribution in [0.5, 0.6) is 0 Å². The average Bonchev–Trinajstić information content (AvgIpc) is 2.18. The van der Waals surface area contributed by atoms with Gasteiger partial charge in [0.2, 0.25) is 0 Å². The Hall–Kier alpha value is -0.690. The van der Waals surface area contributed by atoms with Crippen LogP contribution in [-0.4, -0.2) is 6.04 Å². The number of alkyl halides is 1. The van der Waals surface area contributed by atoms with Crippen LogP contribution >= 0.6 is 11.6 Å². The van der Waals surface area contributed by atoms with Crippen LogP contribution in [0.25, 0.3) is 0 Å². The van der Waals surface area contributed by atoms with Crippen LogP contribution in [0, 0.1) is 5.92 Å². The molecule has 0 bridgehead atoms. The minimum atomic E-state index is 0.472. The summed E-state index contributed by atoms with van der Waals surface area (Å²) in [5.41, 5.74) is 2.32. The Morgan fingerprint density at radius 2 is 1.86 bits per heavy atom. The van der Waals surface area contributed by atoms with Gasteiger partial charge in [0, 0.05) is 17.6 Å². The first-order valence-electron chi connectivity index (χ1n) is 5.05. The molecule has 1 unspecified atom stereocenters. The van der Waals surface area contributed by atoms with Crippen LogP contribution in [0.15, 0.2) is 24.3 Å². The Labute approximate surface area is 91.5 Å². The Balaban J connectivity index is 2.75. The summed E-state index contributed by atoms with van der Waals surface area (Å²) in [5.74, 6) is 1.19. The summed E-state index contributed by atoms with van der Waals surface area (Å²) in [6, 6.07) is 8.66. The second kappa shape index (κ2) is 5.26. The molecule has 0 heterocycles. The summed E-state index contributed by atoms with van der Waals surface area (Å²) in [7, 11) is 0. The molecular weight excluding hydrogens is 194 g/mol. The Kier molecular flexibility index (Phi) is 4.27. The van der Waals surface area contributed by atoms with Gasteiger partial charge in [0.1, 0.15) is 0 Å². The smallest absolute Gasteiger partial charge is 0.0494 e. The first kappa shape index (κ1) is 11.4. The van der Waals surface area contributed by atoms with Gasteiger partial charge in [-0.05, 0) is 24.5 Å². The van der Waals surface area contributed by atoms with Crippen molar-refractivity contribution in [1.29, 1.82) is 0 Å². The third-order valence-corrected chi connectivity index (χ3v) is 2.83. The Bertz CT molecular complexity index is 283. The molecule has 0 aliphatic rings. The first-order valence-corrected chi connectivity index (χ1v) is 5.59. The number of para-hydroxylation sites is 1. The summed E-state index contributed by atoms with van der Waals surface area (Å²) < 4.78 is 0. The van der Waals surface area contributed by atoms with E-state index in [9.17, 15) is 0 Å². The molecule has 14 heavy (non-hydrogen) atoms. The summed E-state index contributed by atoms with van der Waals surface area (Å²) >= 11 is 5.86. The van der Waals surface area contributed by atoms with E-state index >= 15 is 0 Å². The molecule has 0 aliphatic heterocycles. The van der Waals surface area contributed by atoms with Crippen molar-refractivity contribution in [3.63, 3.8) is 0 Å². The lowest BCUT2D eigenvalue weighted by atomic mass is 10.1. The van der Waals surface area contributed by atoms with E-state index in [0.717, 1.165) is 5.69 Å². The van der Waals surface area contributed by atoms with Crippen LogP contribution < -0.4 is 5.32 Å². The number of benzene rings is 1. The standard InChI is InChI=1S/C12H18ClN/c1-9(2)10(3)14-12-7-5-4-6-11(12)8-13/h4-7,9-10,14H,8H2,1-3H3. The maximum atomic E-state index is 5.86. The van der Waals surface area contributed by atoms with Gasteiger partial charge in [-0.25, -0.2) is 0 Å². The monoisotopic (exact) mass is 211 g/mol. The van der Waals surface area contributed by atoms with Crippen molar-refractivity contribution in [2.45, 2.75) is 32.7 Å². The number of hydrogen-bond donors (Lipinski definition) is 1. The van der Waals surface area contributed by atoms with E-state index in [1.165, 1.54) is 5.56 Å². The largest absolute Gasteiger partial charge is 0.382 e. The molecule has 0 amide bonds. The molecule has 0 spiro atoms. The zero-order valence-corrected chi connectivity index (χ0v) is 9.81.